The minimum atomic E-state index is -5.13. The number of hydrogen-bond donors (Lipinski definition) is 2. The van der Waals surface area contributed by atoms with Gasteiger partial charge in [-0.15, -0.1) is 0 Å². The zero-order valence-corrected chi connectivity index (χ0v) is 18.5. The summed E-state index contributed by atoms with van der Waals surface area (Å²) in [6.45, 7) is 3.04. The van der Waals surface area contributed by atoms with E-state index in [0.29, 0.717) is 22.6 Å². The molecule has 1 fully saturated rings. The first-order valence-electron chi connectivity index (χ1n) is 10.5. The van der Waals surface area contributed by atoms with E-state index in [2.05, 4.69) is 15.5 Å². The molecule has 1 aliphatic carbocycles. The molecule has 0 saturated heterocycles. The van der Waals surface area contributed by atoms with Gasteiger partial charge in [-0.05, 0) is 55.2 Å². The monoisotopic (exact) mass is 494 g/mol. The quantitative estimate of drug-likeness (QED) is 0.496. The molecule has 1 aliphatic rings. The zero-order valence-electron chi connectivity index (χ0n) is 18.5. The van der Waals surface area contributed by atoms with Crippen molar-refractivity contribution in [3.05, 3.63) is 59.5 Å². The zero-order chi connectivity index (χ0) is 25.5. The molecule has 0 bridgehead atoms. The summed E-state index contributed by atoms with van der Waals surface area (Å²) in [5.41, 5.74) is -0.602. The van der Waals surface area contributed by atoms with Crippen LogP contribution in [0.15, 0.2) is 40.9 Å². The van der Waals surface area contributed by atoms with Crippen LogP contribution in [0.25, 0.3) is 22.5 Å². The lowest BCUT2D eigenvalue weighted by atomic mass is 9.96. The lowest BCUT2D eigenvalue weighted by Crippen LogP contribution is -2.53. The third-order valence-corrected chi connectivity index (χ3v) is 5.67. The Labute approximate surface area is 195 Å². The summed E-state index contributed by atoms with van der Waals surface area (Å²) in [4.78, 5) is 27.9. The van der Waals surface area contributed by atoms with E-state index >= 15 is 4.39 Å². The lowest BCUT2D eigenvalue weighted by molar-refractivity contribution is -0.175. The molecule has 7 nitrogen and oxygen atoms in total. The van der Waals surface area contributed by atoms with Gasteiger partial charge in [0.1, 0.15) is 17.2 Å². The van der Waals surface area contributed by atoms with Crippen LogP contribution >= 0.6 is 0 Å². The predicted octanol–water partition coefficient (Wildman–Crippen LogP) is 4.38. The summed E-state index contributed by atoms with van der Waals surface area (Å²) in [6.07, 6.45) is -5.06. The number of amides is 2. The van der Waals surface area contributed by atoms with Gasteiger partial charge in [-0.25, -0.2) is 8.78 Å². The summed E-state index contributed by atoms with van der Waals surface area (Å²) in [7, 11) is 0. The van der Waals surface area contributed by atoms with Crippen LogP contribution in [0.2, 0.25) is 0 Å². The van der Waals surface area contributed by atoms with Crippen LogP contribution in [0.3, 0.4) is 0 Å². The molecule has 35 heavy (non-hydrogen) atoms. The maximum absolute atomic E-state index is 15.0. The van der Waals surface area contributed by atoms with Crippen molar-refractivity contribution in [2.75, 3.05) is 0 Å². The number of hydrogen-bond acceptors (Lipinski definition) is 5. The number of aromatic nitrogens is 2. The van der Waals surface area contributed by atoms with Crippen LogP contribution in [-0.2, 0) is 9.59 Å². The van der Waals surface area contributed by atoms with E-state index < -0.39 is 41.2 Å². The summed E-state index contributed by atoms with van der Waals surface area (Å²) < 4.78 is 71.7. The van der Waals surface area contributed by atoms with E-state index in [9.17, 15) is 27.2 Å². The highest BCUT2D eigenvalue weighted by Crippen LogP contribution is 2.38. The second-order valence-corrected chi connectivity index (χ2v) is 8.29. The molecule has 1 heterocycles. The van der Waals surface area contributed by atoms with E-state index in [0.717, 1.165) is 6.07 Å². The Bertz CT molecular complexity index is 1300. The van der Waals surface area contributed by atoms with Crippen molar-refractivity contribution in [3.63, 3.8) is 0 Å². The van der Waals surface area contributed by atoms with Crippen LogP contribution in [0.5, 0.6) is 0 Å². The minimum Gasteiger partial charge on any atom is -0.347 e. The van der Waals surface area contributed by atoms with E-state index in [4.69, 9.17) is 4.52 Å². The van der Waals surface area contributed by atoms with Gasteiger partial charge in [0, 0.05) is 18.1 Å². The number of aryl methyl sites for hydroxylation is 1. The fraction of sp³-hybridized carbons (Fsp3) is 0.304. The van der Waals surface area contributed by atoms with Gasteiger partial charge in [0.15, 0.2) is 0 Å². The molecular formula is C23H19F5N4O3. The molecule has 12 heteroatoms. The molecule has 1 atom stereocenters. The Kier molecular flexibility index (Phi) is 6.07. The van der Waals surface area contributed by atoms with E-state index in [1.165, 1.54) is 37.3 Å². The third kappa shape index (κ3) is 5.00. The average Bonchev–Trinajstić information content (AvgIpc) is 3.44. The van der Waals surface area contributed by atoms with Crippen LogP contribution in [0, 0.1) is 18.6 Å². The van der Waals surface area contributed by atoms with Crippen LogP contribution in [0.4, 0.5) is 22.0 Å². The first kappa shape index (κ1) is 24.3. The number of nitrogens with one attached hydrogen (secondary N) is 2. The number of nitrogens with zero attached hydrogens (tertiary/aromatic N) is 2. The van der Waals surface area contributed by atoms with Gasteiger partial charge in [0.25, 0.3) is 0 Å². The smallest absolute Gasteiger partial charge is 0.347 e. The molecule has 1 aromatic heterocycles. The molecule has 0 aliphatic heterocycles. The first-order chi connectivity index (χ1) is 16.4. The Morgan fingerprint density at radius 2 is 1.80 bits per heavy atom. The Morgan fingerprint density at radius 1 is 1.09 bits per heavy atom. The molecule has 2 aromatic carbocycles. The number of rotatable bonds is 6. The van der Waals surface area contributed by atoms with Crippen molar-refractivity contribution < 1.29 is 36.1 Å². The second kappa shape index (κ2) is 8.75. The van der Waals surface area contributed by atoms with Gasteiger partial charge in [-0.1, -0.05) is 17.3 Å². The largest absolute Gasteiger partial charge is 0.471 e. The summed E-state index contributed by atoms with van der Waals surface area (Å²) in [5, 5.41) is 7.98. The van der Waals surface area contributed by atoms with Crippen molar-refractivity contribution in [1.82, 2.24) is 20.8 Å². The van der Waals surface area contributed by atoms with Gasteiger partial charge >= 0.3 is 12.1 Å². The Balaban J connectivity index is 1.55. The van der Waals surface area contributed by atoms with Crippen LogP contribution in [-0.4, -0.2) is 33.7 Å². The molecule has 2 N–H and O–H groups in total. The molecular weight excluding hydrogens is 475 g/mol. The molecule has 0 spiro atoms. The summed E-state index contributed by atoms with van der Waals surface area (Å²) in [5.74, 6) is -3.87. The van der Waals surface area contributed by atoms with Gasteiger partial charge < -0.3 is 15.2 Å². The van der Waals surface area contributed by atoms with Crippen LogP contribution in [0.1, 0.15) is 37.3 Å². The van der Waals surface area contributed by atoms with Gasteiger partial charge in [0.2, 0.25) is 17.6 Å². The SMILES string of the molecule is Cc1nc(-c2ccc(F)cc2-c2ccc([C@@H](C)NC(=O)C3(NC(=O)C(F)(F)F)CC3)c(F)c2)no1. The lowest BCUT2D eigenvalue weighted by Gasteiger charge is -2.22. The molecule has 0 radical (unpaired) electrons. The maximum Gasteiger partial charge on any atom is 0.471 e. The highest BCUT2D eigenvalue weighted by atomic mass is 19.4. The molecule has 2 amide bonds. The minimum absolute atomic E-state index is 0.0344. The fourth-order valence-corrected chi connectivity index (χ4v) is 3.64. The van der Waals surface area contributed by atoms with Gasteiger partial charge in [-0.3, -0.25) is 9.59 Å². The van der Waals surface area contributed by atoms with Gasteiger partial charge in [0.05, 0.1) is 6.04 Å². The normalized spacial score (nSPS) is 15.4. The van der Waals surface area contributed by atoms with Crippen LogP contribution < -0.4 is 10.6 Å². The highest BCUT2D eigenvalue weighted by Gasteiger charge is 2.55. The molecule has 3 aromatic rings. The Morgan fingerprint density at radius 3 is 2.37 bits per heavy atom. The van der Waals surface area contributed by atoms with E-state index in [-0.39, 0.29) is 24.2 Å². The predicted molar refractivity (Wildman–Crippen MR) is 113 cm³/mol. The number of carbonyl (C=O) groups is 2. The molecule has 0 unspecified atom stereocenters. The number of carbonyl (C=O) groups excluding carboxylic acids is 2. The van der Waals surface area contributed by atoms with E-state index in [1.54, 1.807) is 12.2 Å². The first-order valence-corrected chi connectivity index (χ1v) is 10.5. The molecule has 4 rings (SSSR count). The molecule has 184 valence electrons. The van der Waals surface area contributed by atoms with Crippen molar-refractivity contribution >= 4 is 11.8 Å². The number of benzene rings is 2. The highest BCUT2D eigenvalue weighted by molar-refractivity contribution is 5.95. The summed E-state index contributed by atoms with van der Waals surface area (Å²) >= 11 is 0. The van der Waals surface area contributed by atoms with Crippen molar-refractivity contribution in [3.8, 4) is 22.5 Å². The number of alkyl halides is 3. The third-order valence-electron chi connectivity index (χ3n) is 5.67. The topological polar surface area (TPSA) is 97.1 Å². The maximum atomic E-state index is 15.0. The standard InChI is InChI=1S/C23H19F5N4O3/c1-11(29-20(33)22(7-8-22)31-21(34)23(26,27)28)15-5-3-13(9-18(15)25)17-10-14(24)4-6-16(17)19-30-12(2)35-32-19/h3-6,9-11H,7-8H2,1-2H3,(H,29,33)(H,31,34)/t11-/m1/s1. The summed E-state index contributed by atoms with van der Waals surface area (Å²) in [6, 6.07) is 6.93. The van der Waals surface area contributed by atoms with E-state index in [1.807, 2.05) is 0 Å². The van der Waals surface area contributed by atoms with Crippen molar-refractivity contribution in [2.45, 2.75) is 44.4 Å². The Hall–Kier alpha value is -3.83. The average molecular weight is 494 g/mol. The molecule has 1 saturated carbocycles. The van der Waals surface area contributed by atoms with Crippen molar-refractivity contribution in [1.29, 1.82) is 0 Å². The van der Waals surface area contributed by atoms with Gasteiger partial charge in [-0.2, -0.15) is 18.2 Å². The number of halogens is 5. The fourth-order valence-electron chi connectivity index (χ4n) is 3.64. The van der Waals surface area contributed by atoms with Crippen molar-refractivity contribution in [2.24, 2.45) is 0 Å². The second-order valence-electron chi connectivity index (χ2n) is 8.29.